The van der Waals surface area contributed by atoms with Gasteiger partial charge in [0, 0.05) is 0 Å². The fourth-order valence-electron chi connectivity index (χ4n) is 4.61. The van der Waals surface area contributed by atoms with Crippen LogP contribution in [0.2, 0.25) is 0 Å². The van der Waals surface area contributed by atoms with Crippen molar-refractivity contribution in [2.24, 2.45) is 16.4 Å². The van der Waals surface area contributed by atoms with Gasteiger partial charge in [-0.15, -0.1) is 0 Å². The van der Waals surface area contributed by atoms with Gasteiger partial charge in [-0.3, -0.25) is 0 Å². The average molecular weight is 260 g/mol. The van der Waals surface area contributed by atoms with Crippen molar-refractivity contribution in [2.45, 2.75) is 0 Å². The highest BCUT2D eigenvalue weighted by Crippen LogP contribution is 2.22. The van der Waals surface area contributed by atoms with Crippen LogP contribution in [0.5, 0.6) is 0 Å². The Balaban J connectivity index is 1.74. The molecule has 4 saturated heterocycles. The van der Waals surface area contributed by atoms with Gasteiger partial charge < -0.3 is 5.84 Å². The molecule has 5 rings (SSSR count). The Labute approximate surface area is 113 Å². The minimum absolute atomic E-state index is 0.185. The summed E-state index contributed by atoms with van der Waals surface area (Å²) in [4.78, 5) is 5.14. The molecule has 0 atom stereocenters. The van der Waals surface area contributed by atoms with Crippen LogP contribution in [0.4, 0.5) is 0 Å². The van der Waals surface area contributed by atoms with Gasteiger partial charge in [-0.25, -0.2) is 14.7 Å². The van der Waals surface area contributed by atoms with Crippen LogP contribution in [0.25, 0.3) is 0 Å². The first-order valence-electron chi connectivity index (χ1n) is 7.14. The SMILES string of the molecule is NN=C(c1ccccc1)C12C[NH+]3C[NH+](C[NH+](C3)C1)C2. The molecule has 1 aromatic rings. The highest BCUT2D eigenvalue weighted by atomic mass is 15.5. The second-order valence-corrected chi connectivity index (χ2v) is 6.43. The highest BCUT2D eigenvalue weighted by molar-refractivity contribution is 6.05. The van der Waals surface area contributed by atoms with Crippen LogP contribution in [-0.2, 0) is 0 Å². The number of hydrogen-bond donors (Lipinski definition) is 4. The van der Waals surface area contributed by atoms with Crippen molar-refractivity contribution in [3.63, 3.8) is 0 Å². The van der Waals surface area contributed by atoms with E-state index < -0.39 is 0 Å². The lowest BCUT2D eigenvalue weighted by Crippen LogP contribution is -3.56. The zero-order valence-corrected chi connectivity index (χ0v) is 11.2. The largest absolute Gasteiger partial charge is 0.323 e. The minimum Gasteiger partial charge on any atom is -0.323 e. The quantitative estimate of drug-likeness (QED) is 0.244. The van der Waals surface area contributed by atoms with Gasteiger partial charge in [0.15, 0.2) is 5.41 Å². The molecule has 0 unspecified atom stereocenters. The number of benzene rings is 1. The molecule has 5 nitrogen and oxygen atoms in total. The van der Waals surface area contributed by atoms with Crippen LogP contribution in [0.1, 0.15) is 5.56 Å². The van der Waals surface area contributed by atoms with Gasteiger partial charge in [-0.1, -0.05) is 30.3 Å². The smallest absolute Gasteiger partial charge is 0.213 e. The van der Waals surface area contributed by atoms with Crippen LogP contribution in [0.3, 0.4) is 0 Å². The average Bonchev–Trinajstić information content (AvgIpc) is 2.38. The Kier molecular flexibility index (Phi) is 2.42. The van der Waals surface area contributed by atoms with E-state index in [-0.39, 0.29) is 5.41 Å². The van der Waals surface area contributed by atoms with Gasteiger partial charge >= 0.3 is 0 Å². The van der Waals surface area contributed by atoms with Crippen molar-refractivity contribution in [3.05, 3.63) is 35.9 Å². The molecule has 4 fully saturated rings. The van der Waals surface area contributed by atoms with Crippen molar-refractivity contribution in [3.8, 4) is 0 Å². The molecule has 0 aromatic heterocycles. The van der Waals surface area contributed by atoms with Crippen LogP contribution < -0.4 is 20.5 Å². The predicted octanol–water partition coefficient (Wildman–Crippen LogP) is -4.10. The molecule has 4 aliphatic heterocycles. The normalized spacial score (nSPS) is 40.6. The van der Waals surface area contributed by atoms with E-state index in [0.29, 0.717) is 0 Å². The fourth-order valence-corrected chi connectivity index (χ4v) is 4.61. The minimum atomic E-state index is 0.185. The summed E-state index contributed by atoms with van der Waals surface area (Å²) in [6.45, 7) is 7.43. The zero-order valence-electron chi connectivity index (χ0n) is 11.2. The fraction of sp³-hybridized carbons (Fsp3) is 0.500. The highest BCUT2D eigenvalue weighted by Gasteiger charge is 2.60. The molecule has 5 N–H and O–H groups in total. The molecule has 0 amide bonds. The molecule has 5 heteroatoms. The number of quaternary nitrogens is 3. The number of hydrogen-bond acceptors (Lipinski definition) is 2. The Morgan fingerprint density at radius 3 is 1.95 bits per heavy atom. The summed E-state index contributed by atoms with van der Waals surface area (Å²) in [6.07, 6.45) is 0. The number of nitrogens with two attached hydrogens (primary N) is 1. The van der Waals surface area contributed by atoms with Crippen molar-refractivity contribution in [1.82, 2.24) is 0 Å². The third-order valence-electron chi connectivity index (χ3n) is 4.94. The van der Waals surface area contributed by atoms with E-state index in [2.05, 4.69) is 35.4 Å². The molecule has 1 aromatic carbocycles. The lowest BCUT2D eigenvalue weighted by Gasteiger charge is -2.52. The second kappa shape index (κ2) is 4.03. The third kappa shape index (κ3) is 1.69. The van der Waals surface area contributed by atoms with E-state index in [9.17, 15) is 0 Å². The molecule has 0 aliphatic carbocycles. The van der Waals surface area contributed by atoms with E-state index >= 15 is 0 Å². The van der Waals surface area contributed by atoms with Gasteiger partial charge in [0.1, 0.15) is 19.6 Å². The maximum atomic E-state index is 5.79. The molecular formula is C14H22N5+3. The number of hydrazone groups is 1. The molecule has 100 valence electrons. The summed E-state index contributed by atoms with van der Waals surface area (Å²) in [6, 6.07) is 10.5. The maximum absolute atomic E-state index is 5.79. The van der Waals surface area contributed by atoms with Crippen molar-refractivity contribution >= 4 is 5.71 Å². The third-order valence-corrected chi connectivity index (χ3v) is 4.94. The first-order chi connectivity index (χ1) is 9.29. The molecule has 0 saturated carbocycles. The Morgan fingerprint density at radius 2 is 1.47 bits per heavy atom. The molecule has 4 bridgehead atoms. The monoisotopic (exact) mass is 260 g/mol. The molecular weight excluding hydrogens is 238 g/mol. The molecule has 19 heavy (non-hydrogen) atoms. The van der Waals surface area contributed by atoms with E-state index in [0.717, 1.165) is 5.71 Å². The maximum Gasteiger partial charge on any atom is 0.213 e. The van der Waals surface area contributed by atoms with Crippen LogP contribution in [0.15, 0.2) is 35.4 Å². The van der Waals surface area contributed by atoms with E-state index in [1.54, 1.807) is 14.7 Å². The van der Waals surface area contributed by atoms with Gasteiger partial charge in [0.05, 0.1) is 5.71 Å². The lowest BCUT2D eigenvalue weighted by molar-refractivity contribution is -1.30. The predicted molar refractivity (Wildman–Crippen MR) is 71.7 cm³/mol. The number of rotatable bonds is 2. The zero-order chi connectivity index (χ0) is 12.9. The summed E-state index contributed by atoms with van der Waals surface area (Å²) in [5, 5.41) is 4.22. The Hall–Kier alpha value is -1.43. The van der Waals surface area contributed by atoms with E-state index in [1.165, 1.54) is 45.2 Å². The topological polar surface area (TPSA) is 51.7 Å². The van der Waals surface area contributed by atoms with Crippen molar-refractivity contribution < 1.29 is 14.7 Å². The van der Waals surface area contributed by atoms with Gasteiger partial charge in [-0.2, -0.15) is 5.10 Å². The Bertz CT molecular complexity index is 475. The van der Waals surface area contributed by atoms with Gasteiger partial charge in [-0.05, 0) is 5.56 Å². The standard InChI is InChI=1S/C14H19N5/c15-16-13(12-4-2-1-3-5-12)14-6-17-9-18(7-14)11-19(8-14)10-17/h1-5H,6-11,15H2/p+3. The van der Waals surface area contributed by atoms with Gasteiger partial charge in [0.2, 0.25) is 20.0 Å². The van der Waals surface area contributed by atoms with Crippen LogP contribution in [0, 0.1) is 5.41 Å². The number of nitrogens with one attached hydrogen (secondary N) is 3. The molecule has 4 aliphatic rings. The number of nitrogens with zero attached hydrogens (tertiary/aromatic N) is 1. The van der Waals surface area contributed by atoms with Crippen molar-refractivity contribution in [2.75, 3.05) is 39.6 Å². The Morgan fingerprint density at radius 1 is 0.947 bits per heavy atom. The lowest BCUT2D eigenvalue weighted by atomic mass is 9.74. The van der Waals surface area contributed by atoms with Crippen LogP contribution >= 0.6 is 0 Å². The summed E-state index contributed by atoms with van der Waals surface area (Å²) >= 11 is 0. The van der Waals surface area contributed by atoms with Crippen LogP contribution in [-0.4, -0.2) is 45.4 Å². The molecule has 0 radical (unpaired) electrons. The van der Waals surface area contributed by atoms with Gasteiger partial charge in [0.25, 0.3) is 0 Å². The first kappa shape index (κ1) is 11.4. The first-order valence-corrected chi connectivity index (χ1v) is 7.14. The van der Waals surface area contributed by atoms with E-state index in [4.69, 9.17) is 5.84 Å². The summed E-state index contributed by atoms with van der Waals surface area (Å²) in [7, 11) is 0. The van der Waals surface area contributed by atoms with E-state index in [1.807, 2.05) is 0 Å². The van der Waals surface area contributed by atoms with Crippen molar-refractivity contribution in [1.29, 1.82) is 0 Å². The summed E-state index contributed by atoms with van der Waals surface area (Å²) in [5.41, 5.74) is 2.51. The molecule has 0 spiro atoms. The molecule has 4 heterocycles. The summed E-state index contributed by atoms with van der Waals surface area (Å²) in [5.74, 6) is 5.79. The second-order valence-electron chi connectivity index (χ2n) is 6.43. The summed E-state index contributed by atoms with van der Waals surface area (Å²) < 4.78 is 0.